The number of urea groups is 1. The summed E-state index contributed by atoms with van der Waals surface area (Å²) in [6, 6.07) is 8.08. The van der Waals surface area contributed by atoms with Crippen LogP contribution in [-0.2, 0) is 0 Å². The van der Waals surface area contributed by atoms with Gasteiger partial charge in [0.05, 0.1) is 16.3 Å². The van der Waals surface area contributed by atoms with Crippen LogP contribution in [0, 0.1) is 5.92 Å². The summed E-state index contributed by atoms with van der Waals surface area (Å²) in [5, 5.41) is 7.24. The number of amides is 2. The second-order valence-corrected chi connectivity index (χ2v) is 8.76. The van der Waals surface area contributed by atoms with Crippen molar-refractivity contribution in [1.29, 1.82) is 0 Å². The molecule has 0 aliphatic heterocycles. The summed E-state index contributed by atoms with van der Waals surface area (Å²) in [6.07, 6.45) is 9.43. The fraction of sp³-hybridized carbons (Fsp3) is 0.579. The molecule has 2 amide bonds. The Bertz CT molecular complexity index is 649. The van der Waals surface area contributed by atoms with E-state index in [4.69, 9.17) is 4.98 Å². The highest BCUT2D eigenvalue weighted by molar-refractivity contribution is 7.98. The van der Waals surface area contributed by atoms with Gasteiger partial charge in [-0.05, 0) is 49.3 Å². The number of carbonyl (C=O) groups is 1. The number of nitrogens with zero attached hydrogens (tertiary/aromatic N) is 1. The van der Waals surface area contributed by atoms with E-state index < -0.39 is 0 Å². The average molecular weight is 378 g/mol. The Morgan fingerprint density at radius 1 is 1.32 bits per heavy atom. The normalized spacial score (nSPS) is 16.7. The SMILES string of the molecule is CSCC[C@H](NC(=O)NCC1CCCCC1)c1nc2ccccc2s1. The third kappa shape index (κ3) is 5.35. The van der Waals surface area contributed by atoms with Crippen molar-refractivity contribution in [3.63, 3.8) is 0 Å². The first-order valence-electron chi connectivity index (χ1n) is 9.15. The van der Waals surface area contributed by atoms with Gasteiger partial charge in [0.25, 0.3) is 0 Å². The minimum atomic E-state index is -0.0593. The highest BCUT2D eigenvalue weighted by Gasteiger charge is 2.20. The molecular weight excluding hydrogens is 350 g/mol. The van der Waals surface area contributed by atoms with Crippen LogP contribution < -0.4 is 10.6 Å². The van der Waals surface area contributed by atoms with Crippen LogP contribution >= 0.6 is 23.1 Å². The van der Waals surface area contributed by atoms with Gasteiger partial charge in [-0.3, -0.25) is 0 Å². The number of nitrogens with one attached hydrogen (secondary N) is 2. The first-order valence-corrected chi connectivity index (χ1v) is 11.4. The lowest BCUT2D eigenvalue weighted by molar-refractivity contribution is 0.232. The summed E-state index contributed by atoms with van der Waals surface area (Å²) in [5.41, 5.74) is 1.01. The standard InChI is InChI=1S/C19H27N3OS2/c1-24-12-11-16(18-21-15-9-5-6-10-17(15)25-18)22-19(23)20-13-14-7-3-2-4-8-14/h5-6,9-10,14,16H,2-4,7-8,11-13H2,1H3,(H2,20,22,23)/t16-/m0/s1. The molecule has 1 saturated carbocycles. The number of benzene rings is 1. The smallest absolute Gasteiger partial charge is 0.315 e. The van der Waals surface area contributed by atoms with Gasteiger partial charge < -0.3 is 10.6 Å². The Kier molecular flexibility index (Phi) is 6.99. The fourth-order valence-corrected chi connectivity index (χ4v) is 4.89. The van der Waals surface area contributed by atoms with Gasteiger partial charge in [0, 0.05) is 6.54 Å². The summed E-state index contributed by atoms with van der Waals surface area (Å²) in [6.45, 7) is 0.793. The van der Waals surface area contributed by atoms with Crippen LogP contribution in [0.4, 0.5) is 4.79 Å². The summed E-state index contributed by atoms with van der Waals surface area (Å²) in [4.78, 5) is 17.1. The average Bonchev–Trinajstić information content (AvgIpc) is 3.08. The van der Waals surface area contributed by atoms with Crippen molar-refractivity contribution in [1.82, 2.24) is 15.6 Å². The third-order valence-corrected chi connectivity index (χ3v) is 6.59. The van der Waals surface area contributed by atoms with E-state index in [1.54, 1.807) is 23.1 Å². The van der Waals surface area contributed by atoms with Crippen molar-refractivity contribution >= 4 is 39.3 Å². The van der Waals surface area contributed by atoms with Crippen molar-refractivity contribution in [2.45, 2.75) is 44.6 Å². The van der Waals surface area contributed by atoms with Gasteiger partial charge in [0.15, 0.2) is 0 Å². The lowest BCUT2D eigenvalue weighted by Crippen LogP contribution is -2.40. The fourth-order valence-electron chi connectivity index (χ4n) is 3.37. The number of carbonyl (C=O) groups excluding carboxylic acids is 1. The predicted molar refractivity (Wildman–Crippen MR) is 108 cm³/mol. The zero-order valence-corrected chi connectivity index (χ0v) is 16.4. The zero-order valence-electron chi connectivity index (χ0n) is 14.8. The number of thioether (sulfide) groups is 1. The van der Waals surface area contributed by atoms with Gasteiger partial charge in [-0.25, -0.2) is 9.78 Å². The highest BCUT2D eigenvalue weighted by Crippen LogP contribution is 2.28. The molecule has 0 radical (unpaired) electrons. The lowest BCUT2D eigenvalue weighted by Gasteiger charge is -2.23. The molecule has 1 aromatic heterocycles. The molecule has 1 aliphatic carbocycles. The molecule has 1 aliphatic rings. The molecule has 2 aromatic rings. The predicted octanol–water partition coefficient (Wildman–Crippen LogP) is 4.97. The second kappa shape index (κ2) is 9.43. The maximum absolute atomic E-state index is 12.4. The molecule has 3 rings (SSSR count). The van der Waals surface area contributed by atoms with Crippen molar-refractivity contribution in [2.24, 2.45) is 5.92 Å². The van der Waals surface area contributed by atoms with Gasteiger partial charge in [-0.15, -0.1) is 11.3 Å². The Balaban J connectivity index is 1.60. The number of para-hydroxylation sites is 1. The van der Waals surface area contributed by atoms with E-state index in [2.05, 4.69) is 23.0 Å². The molecule has 1 heterocycles. The van der Waals surface area contributed by atoms with E-state index in [1.807, 2.05) is 18.2 Å². The summed E-state index contributed by atoms with van der Waals surface area (Å²) >= 11 is 3.48. The van der Waals surface area contributed by atoms with E-state index in [0.29, 0.717) is 5.92 Å². The monoisotopic (exact) mass is 377 g/mol. The van der Waals surface area contributed by atoms with E-state index >= 15 is 0 Å². The van der Waals surface area contributed by atoms with Crippen molar-refractivity contribution < 1.29 is 4.79 Å². The number of hydrogen-bond donors (Lipinski definition) is 2. The van der Waals surface area contributed by atoms with Crippen LogP contribution in [0.1, 0.15) is 49.6 Å². The van der Waals surface area contributed by atoms with Crippen LogP contribution in [0.3, 0.4) is 0 Å². The molecule has 0 bridgehead atoms. The topological polar surface area (TPSA) is 54.0 Å². The minimum Gasteiger partial charge on any atom is -0.338 e. The van der Waals surface area contributed by atoms with E-state index in [1.165, 1.54) is 36.8 Å². The molecule has 1 atom stereocenters. The number of aromatic nitrogens is 1. The van der Waals surface area contributed by atoms with Gasteiger partial charge >= 0.3 is 6.03 Å². The van der Waals surface area contributed by atoms with Gasteiger partial charge in [-0.1, -0.05) is 31.4 Å². The maximum Gasteiger partial charge on any atom is 0.315 e. The van der Waals surface area contributed by atoms with Crippen LogP contribution in [-0.4, -0.2) is 29.6 Å². The molecule has 1 fully saturated rings. The Morgan fingerprint density at radius 2 is 2.12 bits per heavy atom. The molecule has 0 saturated heterocycles. The molecule has 2 N–H and O–H groups in total. The van der Waals surface area contributed by atoms with E-state index in [9.17, 15) is 4.79 Å². The quantitative estimate of drug-likeness (QED) is 0.716. The lowest BCUT2D eigenvalue weighted by atomic mass is 9.89. The largest absolute Gasteiger partial charge is 0.338 e. The second-order valence-electron chi connectivity index (χ2n) is 6.71. The molecule has 0 unspecified atom stereocenters. The van der Waals surface area contributed by atoms with Crippen molar-refractivity contribution in [3.8, 4) is 0 Å². The van der Waals surface area contributed by atoms with Crippen molar-refractivity contribution in [2.75, 3.05) is 18.6 Å². The first-order chi connectivity index (χ1) is 12.3. The van der Waals surface area contributed by atoms with E-state index in [0.717, 1.165) is 29.2 Å². The van der Waals surface area contributed by atoms with Gasteiger partial charge in [-0.2, -0.15) is 11.8 Å². The van der Waals surface area contributed by atoms with Crippen LogP contribution in [0.5, 0.6) is 0 Å². The summed E-state index contributed by atoms with van der Waals surface area (Å²) < 4.78 is 1.18. The van der Waals surface area contributed by atoms with Gasteiger partial charge in [0.1, 0.15) is 5.01 Å². The van der Waals surface area contributed by atoms with Crippen LogP contribution in [0.15, 0.2) is 24.3 Å². The molecule has 0 spiro atoms. The maximum atomic E-state index is 12.4. The van der Waals surface area contributed by atoms with Crippen molar-refractivity contribution in [3.05, 3.63) is 29.3 Å². The zero-order chi connectivity index (χ0) is 17.5. The molecule has 25 heavy (non-hydrogen) atoms. The Labute approximate surface area is 158 Å². The molecule has 136 valence electrons. The third-order valence-electron chi connectivity index (χ3n) is 4.80. The molecule has 4 nitrogen and oxygen atoms in total. The first kappa shape index (κ1) is 18.5. The number of thiazole rings is 1. The highest BCUT2D eigenvalue weighted by atomic mass is 32.2. The number of fused-ring (bicyclic) bond motifs is 1. The van der Waals surface area contributed by atoms with E-state index in [-0.39, 0.29) is 12.1 Å². The Hall–Kier alpha value is -1.27. The molecule has 1 aromatic carbocycles. The van der Waals surface area contributed by atoms with Gasteiger partial charge in [0.2, 0.25) is 0 Å². The summed E-state index contributed by atoms with van der Waals surface area (Å²) in [7, 11) is 0. The van der Waals surface area contributed by atoms with Crippen LogP contribution in [0.2, 0.25) is 0 Å². The number of rotatable bonds is 7. The molecule has 6 heteroatoms. The molecular formula is C19H27N3OS2. The summed E-state index contributed by atoms with van der Waals surface area (Å²) in [5.74, 6) is 1.65. The van der Waals surface area contributed by atoms with Crippen LogP contribution in [0.25, 0.3) is 10.2 Å². The number of hydrogen-bond acceptors (Lipinski definition) is 4. The Morgan fingerprint density at radius 3 is 2.88 bits per heavy atom. The minimum absolute atomic E-state index is 0.0174.